The summed E-state index contributed by atoms with van der Waals surface area (Å²) in [6, 6.07) is 2.00. The van der Waals surface area contributed by atoms with Gasteiger partial charge in [-0.2, -0.15) is 0 Å². The van der Waals surface area contributed by atoms with Crippen molar-refractivity contribution in [1.29, 1.82) is 0 Å². The number of hydrogen-bond donors (Lipinski definition) is 0. The molecule has 0 saturated carbocycles. The van der Waals surface area contributed by atoms with Crippen molar-refractivity contribution in [1.82, 2.24) is 9.88 Å². The maximum absolute atomic E-state index is 11.5. The van der Waals surface area contributed by atoms with Crippen molar-refractivity contribution in [3.05, 3.63) is 29.6 Å². The molecular weight excluding hydrogens is 176 g/mol. The van der Waals surface area contributed by atoms with Crippen molar-refractivity contribution in [2.75, 3.05) is 6.54 Å². The lowest BCUT2D eigenvalue weighted by Gasteiger charge is -2.28. The molecule has 2 heterocycles. The summed E-state index contributed by atoms with van der Waals surface area (Å²) in [6.45, 7) is 3.50. The van der Waals surface area contributed by atoms with E-state index in [4.69, 9.17) is 0 Å². The van der Waals surface area contributed by atoms with Crippen LogP contribution in [-0.2, 0) is 17.8 Å². The predicted octanol–water partition coefficient (Wildman–Crippen LogP) is 1.38. The number of aromatic nitrogens is 1. The topological polar surface area (TPSA) is 33.2 Å². The highest BCUT2D eigenvalue weighted by molar-refractivity contribution is 5.76. The summed E-state index contributed by atoms with van der Waals surface area (Å²) in [7, 11) is 0. The highest BCUT2D eigenvalue weighted by atomic mass is 16.2. The molecule has 1 aliphatic rings. The Morgan fingerprint density at radius 1 is 1.57 bits per heavy atom. The molecule has 0 unspecified atom stereocenters. The van der Waals surface area contributed by atoms with Crippen molar-refractivity contribution in [2.45, 2.75) is 26.3 Å². The second kappa shape index (κ2) is 3.78. The van der Waals surface area contributed by atoms with Gasteiger partial charge < -0.3 is 4.90 Å². The monoisotopic (exact) mass is 190 g/mol. The molecule has 0 fully saturated rings. The fourth-order valence-corrected chi connectivity index (χ4v) is 1.81. The highest BCUT2D eigenvalue weighted by Gasteiger charge is 2.18. The summed E-state index contributed by atoms with van der Waals surface area (Å²) in [6.07, 6.45) is 5.23. The molecule has 74 valence electrons. The van der Waals surface area contributed by atoms with Gasteiger partial charge in [-0.25, -0.2) is 0 Å². The molecule has 0 spiro atoms. The molecule has 1 aromatic rings. The first-order valence-corrected chi connectivity index (χ1v) is 5.01. The number of carbonyl (C=O) groups is 1. The zero-order chi connectivity index (χ0) is 9.97. The number of fused-ring (bicyclic) bond motifs is 1. The lowest BCUT2D eigenvalue weighted by atomic mass is 10.0. The van der Waals surface area contributed by atoms with E-state index in [9.17, 15) is 4.79 Å². The summed E-state index contributed by atoms with van der Waals surface area (Å²) in [4.78, 5) is 17.5. The van der Waals surface area contributed by atoms with Crippen LogP contribution in [0.5, 0.6) is 0 Å². The zero-order valence-corrected chi connectivity index (χ0v) is 8.36. The molecular formula is C11H14N2O. The normalized spacial score (nSPS) is 15.1. The van der Waals surface area contributed by atoms with Crippen LogP contribution in [0.4, 0.5) is 0 Å². The second-order valence-electron chi connectivity index (χ2n) is 3.56. The van der Waals surface area contributed by atoms with E-state index in [1.165, 1.54) is 11.1 Å². The van der Waals surface area contributed by atoms with Gasteiger partial charge in [-0.05, 0) is 23.6 Å². The van der Waals surface area contributed by atoms with Crippen LogP contribution >= 0.6 is 0 Å². The number of pyridine rings is 1. The van der Waals surface area contributed by atoms with Crippen molar-refractivity contribution in [3.8, 4) is 0 Å². The molecule has 0 N–H and O–H groups in total. The average molecular weight is 190 g/mol. The minimum absolute atomic E-state index is 0.243. The number of carbonyl (C=O) groups excluding carboxylic acids is 1. The minimum Gasteiger partial charge on any atom is -0.338 e. The van der Waals surface area contributed by atoms with Crippen molar-refractivity contribution in [3.63, 3.8) is 0 Å². The van der Waals surface area contributed by atoms with Crippen LogP contribution in [-0.4, -0.2) is 22.3 Å². The molecule has 3 heteroatoms. The number of rotatable bonds is 1. The van der Waals surface area contributed by atoms with Gasteiger partial charge in [0.1, 0.15) is 0 Å². The van der Waals surface area contributed by atoms with Crippen LogP contribution < -0.4 is 0 Å². The first kappa shape index (κ1) is 9.19. The summed E-state index contributed by atoms with van der Waals surface area (Å²) in [5.74, 6) is 0.243. The summed E-state index contributed by atoms with van der Waals surface area (Å²) >= 11 is 0. The standard InChI is InChI=1S/C11H14N2O/c1-2-11(14)13-6-4-9-7-12-5-3-10(9)8-13/h3,5,7H,2,4,6,8H2,1H3. The molecule has 3 nitrogen and oxygen atoms in total. The summed E-state index contributed by atoms with van der Waals surface area (Å²) in [5, 5.41) is 0. The first-order valence-electron chi connectivity index (χ1n) is 5.01. The molecule has 2 rings (SSSR count). The molecule has 0 atom stereocenters. The van der Waals surface area contributed by atoms with E-state index in [1.807, 2.05) is 24.1 Å². The van der Waals surface area contributed by atoms with Gasteiger partial charge in [0.15, 0.2) is 0 Å². The van der Waals surface area contributed by atoms with Crippen LogP contribution in [0.3, 0.4) is 0 Å². The van der Waals surface area contributed by atoms with Crippen LogP contribution in [0.2, 0.25) is 0 Å². The maximum Gasteiger partial charge on any atom is 0.222 e. The number of hydrogen-bond acceptors (Lipinski definition) is 2. The van der Waals surface area contributed by atoms with E-state index in [0.717, 1.165) is 19.5 Å². The molecule has 0 aromatic carbocycles. The third kappa shape index (κ3) is 1.62. The Morgan fingerprint density at radius 2 is 2.43 bits per heavy atom. The Bertz CT molecular complexity index is 349. The minimum atomic E-state index is 0.243. The van der Waals surface area contributed by atoms with Crippen molar-refractivity contribution in [2.24, 2.45) is 0 Å². The van der Waals surface area contributed by atoms with E-state index < -0.39 is 0 Å². The van der Waals surface area contributed by atoms with E-state index >= 15 is 0 Å². The average Bonchev–Trinajstić information content (AvgIpc) is 2.27. The maximum atomic E-state index is 11.5. The van der Waals surface area contributed by atoms with Gasteiger partial charge >= 0.3 is 0 Å². The van der Waals surface area contributed by atoms with Gasteiger partial charge in [0.2, 0.25) is 5.91 Å². The first-order chi connectivity index (χ1) is 6.81. The van der Waals surface area contributed by atoms with Gasteiger partial charge in [-0.15, -0.1) is 0 Å². The summed E-state index contributed by atoms with van der Waals surface area (Å²) in [5.41, 5.74) is 2.53. The number of amides is 1. The molecule has 0 saturated heterocycles. The third-order valence-corrected chi connectivity index (χ3v) is 2.67. The van der Waals surface area contributed by atoms with Gasteiger partial charge in [0.25, 0.3) is 0 Å². The van der Waals surface area contributed by atoms with Gasteiger partial charge in [-0.3, -0.25) is 9.78 Å². The second-order valence-corrected chi connectivity index (χ2v) is 3.56. The van der Waals surface area contributed by atoms with Crippen LogP contribution in [0.1, 0.15) is 24.5 Å². The third-order valence-electron chi connectivity index (χ3n) is 2.67. The summed E-state index contributed by atoms with van der Waals surface area (Å²) < 4.78 is 0. The molecule has 1 aromatic heterocycles. The predicted molar refractivity (Wildman–Crippen MR) is 53.6 cm³/mol. The SMILES string of the molecule is CCC(=O)N1CCc2cnccc2C1. The Balaban J connectivity index is 2.17. The highest BCUT2D eigenvalue weighted by Crippen LogP contribution is 2.17. The van der Waals surface area contributed by atoms with Crippen molar-refractivity contribution < 1.29 is 4.79 Å². The van der Waals surface area contributed by atoms with Gasteiger partial charge in [0.05, 0.1) is 0 Å². The molecule has 0 radical (unpaired) electrons. The van der Waals surface area contributed by atoms with Crippen LogP contribution in [0, 0.1) is 0 Å². The smallest absolute Gasteiger partial charge is 0.222 e. The fourth-order valence-electron chi connectivity index (χ4n) is 1.81. The van der Waals surface area contributed by atoms with E-state index in [0.29, 0.717) is 6.42 Å². The molecule has 0 aliphatic carbocycles. The largest absolute Gasteiger partial charge is 0.338 e. The van der Waals surface area contributed by atoms with E-state index in [1.54, 1.807) is 6.20 Å². The zero-order valence-electron chi connectivity index (χ0n) is 8.36. The molecule has 0 bridgehead atoms. The molecule has 1 amide bonds. The molecule has 14 heavy (non-hydrogen) atoms. The lowest BCUT2D eigenvalue weighted by Crippen LogP contribution is -2.35. The Hall–Kier alpha value is -1.38. The van der Waals surface area contributed by atoms with E-state index in [2.05, 4.69) is 4.98 Å². The quantitative estimate of drug-likeness (QED) is 0.670. The van der Waals surface area contributed by atoms with Gasteiger partial charge in [-0.1, -0.05) is 6.92 Å². The van der Waals surface area contributed by atoms with Crippen LogP contribution in [0.15, 0.2) is 18.5 Å². The lowest BCUT2D eigenvalue weighted by molar-refractivity contribution is -0.131. The van der Waals surface area contributed by atoms with E-state index in [-0.39, 0.29) is 5.91 Å². The Labute approximate surface area is 83.8 Å². The Morgan fingerprint density at radius 3 is 3.21 bits per heavy atom. The number of nitrogens with zero attached hydrogens (tertiary/aromatic N) is 2. The Kier molecular flexibility index (Phi) is 2.48. The fraction of sp³-hybridized carbons (Fsp3) is 0.455. The van der Waals surface area contributed by atoms with Gasteiger partial charge in [0, 0.05) is 31.9 Å². The van der Waals surface area contributed by atoms with Crippen molar-refractivity contribution >= 4 is 5.91 Å². The molecule has 1 aliphatic heterocycles. The van der Waals surface area contributed by atoms with Crippen LogP contribution in [0.25, 0.3) is 0 Å².